The fourth-order valence-electron chi connectivity index (χ4n) is 2.84. The molecule has 0 bridgehead atoms. The fourth-order valence-corrected chi connectivity index (χ4v) is 2.84. The highest BCUT2D eigenvalue weighted by atomic mass is 16.2. The number of hydrogen-bond acceptors (Lipinski definition) is 2. The third kappa shape index (κ3) is 2.63. The maximum absolute atomic E-state index is 12.5. The third-order valence-electron chi connectivity index (χ3n) is 4.46. The minimum atomic E-state index is 0.0564. The Kier molecular flexibility index (Phi) is 3.90. The van der Waals surface area contributed by atoms with Crippen molar-refractivity contribution in [3.8, 4) is 6.07 Å². The molecule has 1 heterocycles. The molecule has 0 radical (unpaired) electrons. The zero-order valence-electron chi connectivity index (χ0n) is 11.6. The van der Waals surface area contributed by atoms with E-state index in [-0.39, 0.29) is 5.91 Å². The highest BCUT2D eigenvalue weighted by Crippen LogP contribution is 2.37. The first kappa shape index (κ1) is 13.6. The zero-order chi connectivity index (χ0) is 13.9. The highest BCUT2D eigenvalue weighted by Gasteiger charge is 2.37. The minimum Gasteiger partial charge on any atom is -0.338 e. The van der Waals surface area contributed by atoms with Crippen molar-refractivity contribution in [2.75, 3.05) is 13.1 Å². The Morgan fingerprint density at radius 1 is 1.42 bits per heavy atom. The van der Waals surface area contributed by atoms with E-state index < -0.39 is 0 Å². The summed E-state index contributed by atoms with van der Waals surface area (Å²) in [7, 11) is 0. The lowest BCUT2D eigenvalue weighted by Gasteiger charge is -2.26. The van der Waals surface area contributed by atoms with E-state index in [4.69, 9.17) is 5.26 Å². The molecule has 1 aromatic rings. The molecule has 19 heavy (non-hydrogen) atoms. The van der Waals surface area contributed by atoms with Crippen LogP contribution >= 0.6 is 0 Å². The fraction of sp³-hybridized carbons (Fsp3) is 0.500. The van der Waals surface area contributed by atoms with Gasteiger partial charge in [0.1, 0.15) is 0 Å². The Morgan fingerprint density at radius 3 is 2.74 bits per heavy atom. The van der Waals surface area contributed by atoms with Gasteiger partial charge < -0.3 is 4.90 Å². The van der Waals surface area contributed by atoms with Crippen LogP contribution in [-0.2, 0) is 0 Å². The van der Waals surface area contributed by atoms with E-state index in [9.17, 15) is 4.79 Å². The molecule has 0 spiro atoms. The maximum Gasteiger partial charge on any atom is 0.253 e. The van der Waals surface area contributed by atoms with Crippen molar-refractivity contribution in [1.29, 1.82) is 5.26 Å². The second kappa shape index (κ2) is 5.44. The molecular weight excluding hydrogens is 236 g/mol. The molecule has 1 saturated heterocycles. The van der Waals surface area contributed by atoms with Crippen molar-refractivity contribution >= 4 is 5.91 Å². The summed E-state index contributed by atoms with van der Waals surface area (Å²) in [6.07, 6.45) is 3.32. The summed E-state index contributed by atoms with van der Waals surface area (Å²) in [5, 5.41) is 8.89. The molecular formula is C16H20N2O. The topological polar surface area (TPSA) is 44.1 Å². The predicted octanol–water partition coefficient (Wildman–Crippen LogP) is 3.21. The van der Waals surface area contributed by atoms with Crippen molar-refractivity contribution in [3.63, 3.8) is 0 Å². The highest BCUT2D eigenvalue weighted by molar-refractivity contribution is 5.94. The number of amides is 1. The Hall–Kier alpha value is -1.82. The Morgan fingerprint density at radius 2 is 2.16 bits per heavy atom. The van der Waals surface area contributed by atoms with E-state index in [1.54, 1.807) is 24.3 Å². The van der Waals surface area contributed by atoms with Gasteiger partial charge in [0.05, 0.1) is 11.6 Å². The van der Waals surface area contributed by atoms with Gasteiger partial charge in [-0.3, -0.25) is 4.79 Å². The van der Waals surface area contributed by atoms with E-state index >= 15 is 0 Å². The van der Waals surface area contributed by atoms with Crippen LogP contribution < -0.4 is 0 Å². The van der Waals surface area contributed by atoms with Crippen LogP contribution in [0.3, 0.4) is 0 Å². The van der Waals surface area contributed by atoms with Crippen LogP contribution in [0.2, 0.25) is 0 Å². The van der Waals surface area contributed by atoms with Gasteiger partial charge in [-0.15, -0.1) is 0 Å². The maximum atomic E-state index is 12.5. The number of rotatable bonds is 3. The molecule has 1 amide bonds. The summed E-state index contributed by atoms with van der Waals surface area (Å²) < 4.78 is 0. The SMILES string of the molecule is CCC1(CC)CCN(C(=O)c2cccc(C#N)c2)C1. The van der Waals surface area contributed by atoms with Crippen LogP contribution in [0.1, 0.15) is 49.0 Å². The lowest BCUT2D eigenvalue weighted by molar-refractivity contribution is 0.0770. The molecule has 1 fully saturated rings. The van der Waals surface area contributed by atoms with Crippen LogP contribution in [0.4, 0.5) is 0 Å². The van der Waals surface area contributed by atoms with Crippen LogP contribution in [0.25, 0.3) is 0 Å². The summed E-state index contributed by atoms with van der Waals surface area (Å²) in [5.41, 5.74) is 1.46. The quantitative estimate of drug-likeness (QED) is 0.833. The van der Waals surface area contributed by atoms with Crippen LogP contribution in [-0.4, -0.2) is 23.9 Å². The number of benzene rings is 1. The van der Waals surface area contributed by atoms with Gasteiger partial charge in [0.2, 0.25) is 0 Å². The van der Waals surface area contributed by atoms with Gasteiger partial charge in [-0.2, -0.15) is 5.26 Å². The Balaban J connectivity index is 2.15. The zero-order valence-corrected chi connectivity index (χ0v) is 11.6. The second-order valence-electron chi connectivity index (χ2n) is 5.38. The standard InChI is InChI=1S/C16H20N2O/c1-3-16(4-2)8-9-18(12-16)15(19)14-7-5-6-13(10-14)11-17/h5-7,10H,3-4,8-9,12H2,1-2H3. The van der Waals surface area contributed by atoms with E-state index in [1.165, 1.54) is 0 Å². The average Bonchev–Trinajstić information content (AvgIpc) is 2.91. The summed E-state index contributed by atoms with van der Waals surface area (Å²) in [6.45, 7) is 6.08. The summed E-state index contributed by atoms with van der Waals surface area (Å²) in [5.74, 6) is 0.0564. The molecule has 100 valence electrons. The molecule has 1 aliphatic heterocycles. The first-order chi connectivity index (χ1) is 9.14. The van der Waals surface area contributed by atoms with Crippen molar-refractivity contribution in [1.82, 2.24) is 4.90 Å². The second-order valence-corrected chi connectivity index (χ2v) is 5.38. The molecule has 0 atom stereocenters. The minimum absolute atomic E-state index is 0.0564. The predicted molar refractivity (Wildman–Crippen MR) is 74.7 cm³/mol. The van der Waals surface area contributed by atoms with Gasteiger partial charge in [0.15, 0.2) is 0 Å². The molecule has 1 aromatic carbocycles. The number of carbonyl (C=O) groups excluding carboxylic acids is 1. The van der Waals surface area contributed by atoms with E-state index in [1.807, 2.05) is 4.90 Å². The molecule has 0 N–H and O–H groups in total. The van der Waals surface area contributed by atoms with Crippen LogP contribution in [0.15, 0.2) is 24.3 Å². The van der Waals surface area contributed by atoms with Crippen molar-refractivity contribution in [3.05, 3.63) is 35.4 Å². The summed E-state index contributed by atoms with van der Waals surface area (Å²) >= 11 is 0. The van der Waals surface area contributed by atoms with Crippen molar-refractivity contribution in [2.24, 2.45) is 5.41 Å². The number of hydrogen-bond donors (Lipinski definition) is 0. The van der Waals surface area contributed by atoms with Gasteiger partial charge in [-0.1, -0.05) is 19.9 Å². The van der Waals surface area contributed by atoms with Crippen molar-refractivity contribution in [2.45, 2.75) is 33.1 Å². The average molecular weight is 256 g/mol. The Bertz CT molecular complexity index is 512. The summed E-state index contributed by atoms with van der Waals surface area (Å²) in [4.78, 5) is 14.4. The first-order valence-electron chi connectivity index (χ1n) is 6.93. The molecule has 3 heteroatoms. The van der Waals surface area contributed by atoms with Gasteiger partial charge in [0, 0.05) is 18.7 Å². The van der Waals surface area contributed by atoms with Crippen molar-refractivity contribution < 1.29 is 4.79 Å². The molecule has 0 aromatic heterocycles. The molecule has 0 unspecified atom stereocenters. The normalized spacial score (nSPS) is 17.2. The number of nitriles is 1. The molecule has 2 rings (SSSR count). The van der Waals surface area contributed by atoms with Gasteiger partial charge >= 0.3 is 0 Å². The molecule has 1 aliphatic rings. The number of likely N-dealkylation sites (tertiary alicyclic amines) is 1. The molecule has 3 nitrogen and oxygen atoms in total. The molecule has 0 saturated carbocycles. The van der Waals surface area contributed by atoms with Gasteiger partial charge in [-0.25, -0.2) is 0 Å². The smallest absolute Gasteiger partial charge is 0.253 e. The third-order valence-corrected chi connectivity index (χ3v) is 4.46. The van der Waals surface area contributed by atoms with Gasteiger partial charge in [0.25, 0.3) is 5.91 Å². The largest absolute Gasteiger partial charge is 0.338 e. The van der Waals surface area contributed by atoms with Crippen LogP contribution in [0, 0.1) is 16.7 Å². The van der Waals surface area contributed by atoms with Gasteiger partial charge in [-0.05, 0) is 42.9 Å². The molecule has 0 aliphatic carbocycles. The Labute approximate surface area is 114 Å². The monoisotopic (exact) mass is 256 g/mol. The van der Waals surface area contributed by atoms with E-state index in [0.29, 0.717) is 16.5 Å². The lowest BCUT2D eigenvalue weighted by Crippen LogP contribution is -2.31. The number of carbonyl (C=O) groups is 1. The lowest BCUT2D eigenvalue weighted by atomic mass is 9.82. The first-order valence-corrected chi connectivity index (χ1v) is 6.93. The number of nitrogens with zero attached hydrogens (tertiary/aromatic N) is 2. The van der Waals surface area contributed by atoms with E-state index in [0.717, 1.165) is 32.4 Å². The van der Waals surface area contributed by atoms with E-state index in [2.05, 4.69) is 19.9 Å². The van der Waals surface area contributed by atoms with Crippen LogP contribution in [0.5, 0.6) is 0 Å². The summed E-state index contributed by atoms with van der Waals surface area (Å²) in [6, 6.07) is 9.05.